The Hall–Kier alpha value is -3.28. The van der Waals surface area contributed by atoms with Crippen LogP contribution >= 0.6 is 0 Å². The molecule has 0 spiro atoms. The standard InChI is InChI=1S/C19H18N2O4/c22-18-13-24-17-9-8-14(11-16(17)21-18)7-4-10-20-19(23)25-12-15-5-2-1-3-6-15/h1-9,11H,10,12-13H2,(H,20,23)(H,21,22). The second kappa shape index (κ2) is 8.01. The van der Waals surface area contributed by atoms with E-state index in [1.54, 1.807) is 12.1 Å². The van der Waals surface area contributed by atoms with Crippen LogP contribution < -0.4 is 15.4 Å². The molecule has 25 heavy (non-hydrogen) atoms. The third kappa shape index (κ3) is 4.84. The van der Waals surface area contributed by atoms with Crippen LogP contribution in [-0.4, -0.2) is 25.2 Å². The average Bonchev–Trinajstić information content (AvgIpc) is 2.64. The van der Waals surface area contributed by atoms with E-state index in [4.69, 9.17) is 9.47 Å². The highest BCUT2D eigenvalue weighted by atomic mass is 16.5. The van der Waals surface area contributed by atoms with Crippen molar-refractivity contribution in [2.24, 2.45) is 0 Å². The van der Waals surface area contributed by atoms with Gasteiger partial charge in [-0.3, -0.25) is 4.79 Å². The Labute approximate surface area is 145 Å². The first-order chi connectivity index (χ1) is 12.2. The summed E-state index contributed by atoms with van der Waals surface area (Å²) in [5.74, 6) is 0.482. The number of nitrogens with one attached hydrogen (secondary N) is 2. The van der Waals surface area contributed by atoms with Crippen molar-refractivity contribution in [3.8, 4) is 5.75 Å². The zero-order chi connectivity index (χ0) is 17.5. The van der Waals surface area contributed by atoms with Crippen LogP contribution in [0, 0.1) is 0 Å². The van der Waals surface area contributed by atoms with Crippen molar-refractivity contribution in [3.63, 3.8) is 0 Å². The Morgan fingerprint density at radius 2 is 2.08 bits per heavy atom. The second-order valence-electron chi connectivity index (χ2n) is 5.44. The summed E-state index contributed by atoms with van der Waals surface area (Å²) in [5.41, 5.74) is 2.48. The molecule has 6 nitrogen and oxygen atoms in total. The zero-order valence-corrected chi connectivity index (χ0v) is 13.5. The number of amides is 2. The number of fused-ring (bicyclic) bond motifs is 1. The summed E-state index contributed by atoms with van der Waals surface area (Å²) in [6.07, 6.45) is 3.18. The van der Waals surface area contributed by atoms with Crippen molar-refractivity contribution in [2.45, 2.75) is 6.61 Å². The molecule has 1 aliphatic rings. The van der Waals surface area contributed by atoms with Crippen LogP contribution in [0.3, 0.4) is 0 Å². The molecule has 1 aliphatic heterocycles. The minimum Gasteiger partial charge on any atom is -0.482 e. The van der Waals surface area contributed by atoms with Gasteiger partial charge in [0.1, 0.15) is 12.4 Å². The Kier molecular flexibility index (Phi) is 5.31. The predicted molar refractivity (Wildman–Crippen MR) is 94.2 cm³/mol. The first kappa shape index (κ1) is 16.6. The Bertz CT molecular complexity index is 787. The fourth-order valence-electron chi connectivity index (χ4n) is 2.32. The van der Waals surface area contributed by atoms with Crippen molar-refractivity contribution >= 4 is 23.8 Å². The second-order valence-corrected chi connectivity index (χ2v) is 5.44. The van der Waals surface area contributed by atoms with Gasteiger partial charge in [-0.25, -0.2) is 4.79 Å². The van der Waals surface area contributed by atoms with Crippen LogP contribution in [0.5, 0.6) is 5.75 Å². The smallest absolute Gasteiger partial charge is 0.407 e. The summed E-state index contributed by atoms with van der Waals surface area (Å²) in [6, 6.07) is 15.0. The molecule has 0 aliphatic carbocycles. The highest BCUT2D eigenvalue weighted by molar-refractivity contribution is 5.95. The van der Waals surface area contributed by atoms with E-state index in [0.717, 1.165) is 11.1 Å². The summed E-state index contributed by atoms with van der Waals surface area (Å²) >= 11 is 0. The fraction of sp³-hybridized carbons (Fsp3) is 0.158. The molecule has 2 amide bonds. The van der Waals surface area contributed by atoms with Gasteiger partial charge in [-0.05, 0) is 23.3 Å². The highest BCUT2D eigenvalue weighted by Crippen LogP contribution is 2.28. The molecule has 6 heteroatoms. The van der Waals surface area contributed by atoms with Gasteiger partial charge in [-0.2, -0.15) is 0 Å². The van der Waals surface area contributed by atoms with E-state index < -0.39 is 6.09 Å². The molecule has 2 N–H and O–H groups in total. The largest absolute Gasteiger partial charge is 0.482 e. The zero-order valence-electron chi connectivity index (χ0n) is 13.5. The normalized spacial score (nSPS) is 12.9. The number of hydrogen-bond acceptors (Lipinski definition) is 4. The first-order valence-corrected chi connectivity index (χ1v) is 7.88. The van der Waals surface area contributed by atoms with Crippen molar-refractivity contribution < 1.29 is 19.1 Å². The van der Waals surface area contributed by atoms with Crippen molar-refractivity contribution in [1.82, 2.24) is 5.32 Å². The van der Waals surface area contributed by atoms with E-state index in [2.05, 4.69) is 10.6 Å². The lowest BCUT2D eigenvalue weighted by Crippen LogP contribution is -2.25. The van der Waals surface area contributed by atoms with Crippen LogP contribution in [0.4, 0.5) is 10.5 Å². The molecule has 128 valence electrons. The molecular formula is C19H18N2O4. The highest BCUT2D eigenvalue weighted by Gasteiger charge is 2.15. The van der Waals surface area contributed by atoms with Gasteiger partial charge in [0.2, 0.25) is 0 Å². The van der Waals surface area contributed by atoms with Gasteiger partial charge in [0.05, 0.1) is 5.69 Å². The van der Waals surface area contributed by atoms with Gasteiger partial charge in [-0.15, -0.1) is 0 Å². The number of carbonyl (C=O) groups excluding carboxylic acids is 2. The molecule has 3 rings (SSSR count). The SMILES string of the molecule is O=C1COc2ccc(C=CCNC(=O)OCc3ccccc3)cc2N1. The van der Waals surface area contributed by atoms with Gasteiger partial charge < -0.3 is 20.1 Å². The fourth-order valence-corrected chi connectivity index (χ4v) is 2.32. The molecule has 0 radical (unpaired) electrons. The van der Waals surface area contributed by atoms with E-state index in [-0.39, 0.29) is 19.1 Å². The van der Waals surface area contributed by atoms with E-state index in [1.807, 2.05) is 48.5 Å². The molecule has 0 aromatic heterocycles. The predicted octanol–water partition coefficient (Wildman–Crippen LogP) is 2.96. The third-order valence-electron chi connectivity index (χ3n) is 3.52. The van der Waals surface area contributed by atoms with E-state index in [9.17, 15) is 9.59 Å². The van der Waals surface area contributed by atoms with Gasteiger partial charge in [-0.1, -0.05) is 48.6 Å². The third-order valence-corrected chi connectivity index (χ3v) is 3.52. The van der Waals surface area contributed by atoms with Crippen molar-refractivity contribution in [2.75, 3.05) is 18.5 Å². The lowest BCUT2D eigenvalue weighted by molar-refractivity contribution is -0.118. The lowest BCUT2D eigenvalue weighted by Gasteiger charge is -2.17. The maximum Gasteiger partial charge on any atom is 0.407 e. The summed E-state index contributed by atoms with van der Waals surface area (Å²) in [4.78, 5) is 22.9. The molecule has 0 bridgehead atoms. The minimum atomic E-state index is -0.473. The molecule has 1 heterocycles. The molecular weight excluding hydrogens is 320 g/mol. The number of ether oxygens (including phenoxy) is 2. The van der Waals surface area contributed by atoms with Crippen LogP contribution in [0.1, 0.15) is 11.1 Å². The topological polar surface area (TPSA) is 76.7 Å². The van der Waals surface area contributed by atoms with Gasteiger partial charge in [0.25, 0.3) is 5.91 Å². The van der Waals surface area contributed by atoms with Crippen LogP contribution in [0.15, 0.2) is 54.6 Å². The number of alkyl carbamates (subject to hydrolysis) is 1. The van der Waals surface area contributed by atoms with Gasteiger partial charge >= 0.3 is 6.09 Å². The van der Waals surface area contributed by atoms with E-state index >= 15 is 0 Å². The molecule has 0 fully saturated rings. The quantitative estimate of drug-likeness (QED) is 0.879. The molecule has 2 aromatic carbocycles. The van der Waals surface area contributed by atoms with Crippen LogP contribution in [-0.2, 0) is 16.1 Å². The number of rotatable bonds is 5. The summed E-state index contributed by atoms with van der Waals surface area (Å²) < 4.78 is 10.4. The minimum absolute atomic E-state index is 0.0389. The molecule has 0 saturated heterocycles. The maximum atomic E-state index is 11.6. The molecule has 0 saturated carbocycles. The lowest BCUT2D eigenvalue weighted by atomic mass is 10.1. The monoisotopic (exact) mass is 338 g/mol. The summed E-state index contributed by atoms with van der Waals surface area (Å²) in [6.45, 7) is 0.617. The summed E-state index contributed by atoms with van der Waals surface area (Å²) in [7, 11) is 0. The molecule has 0 atom stereocenters. The first-order valence-electron chi connectivity index (χ1n) is 7.88. The molecule has 0 unspecified atom stereocenters. The van der Waals surface area contributed by atoms with Crippen molar-refractivity contribution in [1.29, 1.82) is 0 Å². The number of carbonyl (C=O) groups is 2. The average molecular weight is 338 g/mol. The van der Waals surface area contributed by atoms with E-state index in [1.165, 1.54) is 0 Å². The summed E-state index contributed by atoms with van der Waals surface area (Å²) in [5, 5.41) is 5.40. The Balaban J connectivity index is 1.44. The van der Waals surface area contributed by atoms with Crippen LogP contribution in [0.25, 0.3) is 6.08 Å². The molecule has 2 aromatic rings. The van der Waals surface area contributed by atoms with Crippen LogP contribution in [0.2, 0.25) is 0 Å². The number of hydrogen-bond donors (Lipinski definition) is 2. The Morgan fingerprint density at radius 3 is 2.92 bits per heavy atom. The number of benzene rings is 2. The Morgan fingerprint density at radius 1 is 1.24 bits per heavy atom. The van der Waals surface area contributed by atoms with Gasteiger partial charge in [0, 0.05) is 6.54 Å². The maximum absolute atomic E-state index is 11.6. The number of anilines is 1. The van der Waals surface area contributed by atoms with Gasteiger partial charge in [0.15, 0.2) is 6.61 Å². The van der Waals surface area contributed by atoms with E-state index in [0.29, 0.717) is 18.0 Å². The van der Waals surface area contributed by atoms with Crippen molar-refractivity contribution in [3.05, 3.63) is 65.7 Å².